The van der Waals surface area contributed by atoms with Crippen molar-refractivity contribution in [2.45, 2.75) is 64.7 Å². The normalized spacial score (nSPS) is 15.7. The monoisotopic (exact) mass is 535 g/mol. The van der Waals surface area contributed by atoms with Gasteiger partial charge in [-0.25, -0.2) is 0 Å². The summed E-state index contributed by atoms with van der Waals surface area (Å²) in [6.07, 6.45) is 5.72. The first-order valence-electron chi connectivity index (χ1n) is 14.8. The number of hydrogen-bond donors (Lipinski definition) is 0. The van der Waals surface area contributed by atoms with Crippen LogP contribution in [0.15, 0.2) is 78.4 Å². The lowest BCUT2D eigenvalue weighted by Gasteiger charge is -2.30. The summed E-state index contributed by atoms with van der Waals surface area (Å²) in [4.78, 5) is 27.7. The first-order valence-corrected chi connectivity index (χ1v) is 14.8. The molecule has 40 heavy (non-hydrogen) atoms. The van der Waals surface area contributed by atoms with Gasteiger partial charge in [0.15, 0.2) is 5.78 Å². The van der Waals surface area contributed by atoms with Gasteiger partial charge in [-0.15, -0.1) is 0 Å². The molecular formula is C36H41NO3. The number of carbonyl (C=O) groups excluding carboxylic acids is 2. The van der Waals surface area contributed by atoms with Crippen molar-refractivity contribution in [3.8, 4) is 0 Å². The zero-order valence-electron chi connectivity index (χ0n) is 24.2. The van der Waals surface area contributed by atoms with E-state index in [1.807, 2.05) is 45.0 Å². The van der Waals surface area contributed by atoms with Gasteiger partial charge in [0, 0.05) is 25.1 Å². The average molecular weight is 536 g/mol. The number of nitrogens with zero attached hydrogens (tertiary/aromatic N) is 1. The highest BCUT2D eigenvalue weighted by atomic mass is 16.5. The fraction of sp³-hybridized carbons (Fsp3) is 0.389. The number of ketones is 1. The summed E-state index contributed by atoms with van der Waals surface area (Å²) in [5, 5.41) is 0. The number of benzene rings is 3. The third-order valence-electron chi connectivity index (χ3n) is 8.64. The van der Waals surface area contributed by atoms with Crippen molar-refractivity contribution in [3.05, 3.63) is 112 Å². The Bertz CT molecular complexity index is 1340. The summed E-state index contributed by atoms with van der Waals surface area (Å²) in [5.74, 6) is -0.0890. The molecule has 4 heteroatoms. The fourth-order valence-corrected chi connectivity index (χ4v) is 6.17. The Labute approximate surface area is 239 Å². The third kappa shape index (κ3) is 5.97. The second-order valence-corrected chi connectivity index (χ2v) is 11.6. The van der Waals surface area contributed by atoms with E-state index in [2.05, 4.69) is 53.4 Å². The number of carbonyl (C=O) groups is 2. The van der Waals surface area contributed by atoms with E-state index in [4.69, 9.17) is 4.74 Å². The number of ether oxygens (including phenoxy) is 1. The van der Waals surface area contributed by atoms with E-state index in [0.29, 0.717) is 18.6 Å². The van der Waals surface area contributed by atoms with Crippen LogP contribution in [-0.2, 0) is 27.8 Å². The Morgan fingerprint density at radius 1 is 0.800 bits per heavy atom. The minimum Gasteiger partial charge on any atom is -0.465 e. The summed E-state index contributed by atoms with van der Waals surface area (Å²) >= 11 is 0. The zero-order valence-corrected chi connectivity index (χ0v) is 24.2. The van der Waals surface area contributed by atoms with E-state index in [9.17, 15) is 9.59 Å². The molecule has 0 aromatic heterocycles. The van der Waals surface area contributed by atoms with Crippen LogP contribution in [0.5, 0.6) is 0 Å². The van der Waals surface area contributed by atoms with E-state index in [1.54, 1.807) is 5.57 Å². The number of piperidine rings is 1. The van der Waals surface area contributed by atoms with Gasteiger partial charge in [0.1, 0.15) is 0 Å². The molecule has 1 saturated heterocycles. The van der Waals surface area contributed by atoms with Crippen molar-refractivity contribution in [1.82, 2.24) is 4.90 Å². The number of aryl methyl sites for hydroxylation is 2. The Morgan fingerprint density at radius 2 is 1.38 bits per heavy atom. The topological polar surface area (TPSA) is 46.6 Å². The van der Waals surface area contributed by atoms with Gasteiger partial charge in [-0.3, -0.25) is 9.59 Å². The molecule has 0 saturated carbocycles. The van der Waals surface area contributed by atoms with Crippen molar-refractivity contribution in [2.24, 2.45) is 0 Å². The van der Waals surface area contributed by atoms with Gasteiger partial charge < -0.3 is 9.64 Å². The number of likely N-dealkylation sites (tertiary alicyclic amines) is 1. The van der Waals surface area contributed by atoms with Crippen LogP contribution >= 0.6 is 0 Å². The first kappa shape index (κ1) is 28.0. The van der Waals surface area contributed by atoms with Crippen LogP contribution < -0.4 is 0 Å². The SMILES string of the molecule is CCOC(=O)C(C)(C)c1ccc(C(=O)CCCN2CCC(=C3c4ccccc4CCc4ccccc43)CC2)cc1. The molecule has 1 aliphatic carbocycles. The van der Waals surface area contributed by atoms with E-state index in [-0.39, 0.29) is 11.8 Å². The van der Waals surface area contributed by atoms with E-state index in [0.717, 1.165) is 57.3 Å². The van der Waals surface area contributed by atoms with Gasteiger partial charge >= 0.3 is 5.97 Å². The highest BCUT2D eigenvalue weighted by Gasteiger charge is 2.31. The van der Waals surface area contributed by atoms with E-state index >= 15 is 0 Å². The summed E-state index contributed by atoms with van der Waals surface area (Å²) in [6, 6.07) is 25.3. The van der Waals surface area contributed by atoms with Gasteiger partial charge in [0.2, 0.25) is 0 Å². The molecule has 0 amide bonds. The minimum atomic E-state index is -0.735. The molecule has 208 valence electrons. The number of Topliss-reactive ketones (excluding diaryl/α,β-unsaturated/α-hetero) is 1. The van der Waals surface area contributed by atoms with E-state index in [1.165, 1.54) is 27.8 Å². The number of fused-ring (bicyclic) bond motifs is 2. The molecule has 1 heterocycles. The number of esters is 1. The molecule has 1 aliphatic heterocycles. The highest BCUT2D eigenvalue weighted by Crippen LogP contribution is 2.38. The van der Waals surface area contributed by atoms with Crippen LogP contribution in [0.25, 0.3) is 5.57 Å². The van der Waals surface area contributed by atoms with Crippen LogP contribution in [0, 0.1) is 0 Å². The standard InChI is InChI=1S/C36H41NO3/c1-4-40-35(39)36(2,3)30-19-17-28(18-20-30)33(38)14-9-23-37-24-21-29(22-25-37)34-31-12-7-5-10-26(31)15-16-27-11-6-8-13-32(27)34/h5-8,10-13,17-20H,4,9,14-16,21-25H2,1-3H3. The summed E-state index contributed by atoms with van der Waals surface area (Å²) in [5.41, 5.74) is 9.61. The molecule has 0 spiro atoms. The van der Waals surface area contributed by atoms with E-state index < -0.39 is 5.41 Å². The summed E-state index contributed by atoms with van der Waals surface area (Å²) < 4.78 is 5.21. The van der Waals surface area contributed by atoms with Crippen molar-refractivity contribution in [2.75, 3.05) is 26.2 Å². The highest BCUT2D eigenvalue weighted by molar-refractivity contribution is 5.96. The molecule has 3 aromatic carbocycles. The lowest BCUT2D eigenvalue weighted by atomic mass is 9.84. The maximum atomic E-state index is 12.9. The summed E-state index contributed by atoms with van der Waals surface area (Å²) in [7, 11) is 0. The predicted molar refractivity (Wildman–Crippen MR) is 162 cm³/mol. The van der Waals surface area contributed by atoms with Gasteiger partial charge in [0.25, 0.3) is 0 Å². The van der Waals surface area contributed by atoms with Crippen LogP contribution in [0.4, 0.5) is 0 Å². The van der Waals surface area contributed by atoms with Crippen LogP contribution in [0.3, 0.4) is 0 Å². The minimum absolute atomic E-state index is 0.159. The molecule has 5 rings (SSSR count). The molecular weight excluding hydrogens is 494 g/mol. The predicted octanol–water partition coefficient (Wildman–Crippen LogP) is 7.19. The van der Waals surface area contributed by atoms with Gasteiger partial charge in [-0.05, 0) is 92.8 Å². The Hall–Kier alpha value is -3.50. The van der Waals surface area contributed by atoms with Crippen LogP contribution in [0.2, 0.25) is 0 Å². The quantitative estimate of drug-likeness (QED) is 0.226. The van der Waals surface area contributed by atoms with Crippen molar-refractivity contribution in [3.63, 3.8) is 0 Å². The molecule has 3 aromatic rings. The molecule has 0 bridgehead atoms. The second-order valence-electron chi connectivity index (χ2n) is 11.6. The molecule has 2 aliphatic rings. The maximum Gasteiger partial charge on any atom is 0.315 e. The fourth-order valence-electron chi connectivity index (χ4n) is 6.17. The van der Waals surface area contributed by atoms with Gasteiger partial charge in [0.05, 0.1) is 12.0 Å². The van der Waals surface area contributed by atoms with Crippen LogP contribution in [-0.4, -0.2) is 42.9 Å². The Morgan fingerprint density at radius 3 is 1.95 bits per heavy atom. The molecule has 1 fully saturated rings. The van der Waals surface area contributed by atoms with Gasteiger partial charge in [-0.1, -0.05) is 78.4 Å². The van der Waals surface area contributed by atoms with Crippen LogP contribution in [0.1, 0.15) is 84.6 Å². The Balaban J connectivity index is 1.18. The molecule has 0 radical (unpaired) electrons. The molecule has 4 nitrogen and oxygen atoms in total. The lowest BCUT2D eigenvalue weighted by molar-refractivity contribution is -0.148. The first-order chi connectivity index (χ1) is 19.4. The number of rotatable bonds is 8. The molecule has 0 unspecified atom stereocenters. The zero-order chi connectivity index (χ0) is 28.1. The maximum absolute atomic E-state index is 12.9. The van der Waals surface area contributed by atoms with Crippen molar-refractivity contribution < 1.29 is 14.3 Å². The average Bonchev–Trinajstić information content (AvgIpc) is 3.15. The lowest BCUT2D eigenvalue weighted by Crippen LogP contribution is -2.32. The number of hydrogen-bond acceptors (Lipinski definition) is 4. The molecule has 0 N–H and O–H groups in total. The summed E-state index contributed by atoms with van der Waals surface area (Å²) in [6.45, 7) is 8.90. The second kappa shape index (κ2) is 12.3. The third-order valence-corrected chi connectivity index (χ3v) is 8.64. The Kier molecular flexibility index (Phi) is 8.66. The smallest absolute Gasteiger partial charge is 0.315 e. The largest absolute Gasteiger partial charge is 0.465 e. The van der Waals surface area contributed by atoms with Crippen molar-refractivity contribution in [1.29, 1.82) is 0 Å². The van der Waals surface area contributed by atoms with Crippen molar-refractivity contribution >= 4 is 17.3 Å². The molecule has 0 atom stereocenters. The van der Waals surface area contributed by atoms with Gasteiger partial charge in [-0.2, -0.15) is 0 Å².